The van der Waals surface area contributed by atoms with E-state index in [2.05, 4.69) is 5.10 Å². The molecule has 2 fully saturated rings. The second-order valence-corrected chi connectivity index (χ2v) is 8.07. The van der Waals surface area contributed by atoms with E-state index in [1.165, 1.54) is 30.3 Å². The number of ether oxygens (including phenoxy) is 1. The van der Waals surface area contributed by atoms with Crippen LogP contribution in [0.1, 0.15) is 12.2 Å². The average molecular weight is 504 g/mol. The van der Waals surface area contributed by atoms with Crippen LogP contribution in [0.4, 0.5) is 10.5 Å². The Balaban J connectivity index is 1.49. The highest BCUT2D eigenvalue weighted by Gasteiger charge is 2.50. The van der Waals surface area contributed by atoms with Gasteiger partial charge < -0.3 is 29.6 Å². The molecule has 1 saturated carbocycles. The number of nitrogens with one attached hydrogen (secondary N) is 1. The highest BCUT2D eigenvalue weighted by molar-refractivity contribution is 6.03. The molecule has 1 aromatic heterocycles. The van der Waals surface area contributed by atoms with Gasteiger partial charge >= 0.3 is 12.0 Å². The van der Waals surface area contributed by atoms with Crippen molar-refractivity contribution in [3.8, 4) is 11.3 Å². The molecule has 36 heavy (non-hydrogen) atoms. The van der Waals surface area contributed by atoms with E-state index in [9.17, 15) is 44.9 Å². The minimum Gasteiger partial charge on any atom is -0.481 e. The number of imide groups is 1. The van der Waals surface area contributed by atoms with Gasteiger partial charge in [0, 0.05) is 17.7 Å². The number of aliphatic hydroxyl groups is 3. The lowest BCUT2D eigenvalue weighted by Crippen LogP contribution is -2.57. The van der Waals surface area contributed by atoms with Gasteiger partial charge in [-0.3, -0.25) is 25.0 Å². The smallest absolute Gasteiger partial charge is 0.347 e. The number of aliphatic carboxylic acids is 1. The summed E-state index contributed by atoms with van der Waals surface area (Å²) in [5.74, 6) is -3.37. The van der Waals surface area contributed by atoms with E-state index in [0.29, 0.717) is 16.3 Å². The minimum absolute atomic E-state index is 0.0948. The molecule has 190 valence electrons. The number of hydrogen-bond donors (Lipinski definition) is 5. The Bertz CT molecular complexity index is 1210. The molecule has 2 aromatic rings. The van der Waals surface area contributed by atoms with Crippen LogP contribution in [0.3, 0.4) is 0 Å². The lowest BCUT2D eigenvalue weighted by molar-refractivity contribution is -0.384. The van der Waals surface area contributed by atoms with Gasteiger partial charge in [0.2, 0.25) is 6.23 Å². The molecule has 0 radical (unpaired) electrons. The molecule has 1 unspecified atom stereocenters. The second-order valence-electron chi connectivity index (χ2n) is 8.07. The van der Waals surface area contributed by atoms with Crippen LogP contribution in [0.25, 0.3) is 11.3 Å². The summed E-state index contributed by atoms with van der Waals surface area (Å²) in [5, 5.41) is 56.6. The van der Waals surface area contributed by atoms with Gasteiger partial charge in [0.25, 0.3) is 11.6 Å². The number of nitro groups is 1. The predicted octanol–water partition coefficient (Wildman–Crippen LogP) is -0.361. The zero-order chi connectivity index (χ0) is 26.1. The van der Waals surface area contributed by atoms with Crippen molar-refractivity contribution in [1.29, 1.82) is 0 Å². The maximum atomic E-state index is 12.3. The summed E-state index contributed by atoms with van der Waals surface area (Å²) in [4.78, 5) is 46.1. The number of furan rings is 1. The zero-order valence-corrected chi connectivity index (χ0v) is 18.2. The van der Waals surface area contributed by atoms with Crippen LogP contribution in [0, 0.1) is 16.0 Å². The zero-order valence-electron chi connectivity index (χ0n) is 18.2. The molecule has 3 amide bonds. The van der Waals surface area contributed by atoms with Gasteiger partial charge in [-0.25, -0.2) is 4.79 Å². The van der Waals surface area contributed by atoms with Crippen LogP contribution in [-0.4, -0.2) is 85.1 Å². The largest absolute Gasteiger partial charge is 0.481 e. The summed E-state index contributed by atoms with van der Waals surface area (Å²) in [7, 11) is 0. The number of aliphatic hydroxyl groups excluding tert-OH is 3. The molecule has 1 aromatic carbocycles. The van der Waals surface area contributed by atoms with Gasteiger partial charge in [0.1, 0.15) is 23.7 Å². The fraction of sp³-hybridized carbons (Fsp3) is 0.333. The first-order chi connectivity index (χ1) is 17.1. The summed E-state index contributed by atoms with van der Waals surface area (Å²) in [5.41, 5.74) is 0.443. The lowest BCUT2D eigenvalue weighted by atomic mass is 9.81. The molecule has 15 heteroatoms. The van der Waals surface area contributed by atoms with E-state index >= 15 is 0 Å². The van der Waals surface area contributed by atoms with Crippen LogP contribution >= 0.6 is 0 Å². The third-order valence-electron chi connectivity index (χ3n) is 5.78. The average Bonchev–Trinajstić information content (AvgIpc) is 3.41. The number of carbonyl (C=O) groups excluding carboxylic acids is 2. The fourth-order valence-corrected chi connectivity index (χ4v) is 3.86. The maximum absolute atomic E-state index is 12.3. The molecule has 1 aliphatic carbocycles. The number of hydrazone groups is 1. The van der Waals surface area contributed by atoms with Crippen LogP contribution < -0.4 is 5.32 Å². The molecule has 2 aliphatic rings. The summed E-state index contributed by atoms with van der Waals surface area (Å²) in [6.07, 6.45) is -7.81. The van der Waals surface area contributed by atoms with Crippen molar-refractivity contribution in [3.05, 3.63) is 52.3 Å². The fourth-order valence-electron chi connectivity index (χ4n) is 3.86. The summed E-state index contributed by atoms with van der Waals surface area (Å²) in [6.45, 7) is 0. The highest BCUT2D eigenvalue weighted by Crippen LogP contribution is 2.30. The minimum atomic E-state index is -1.86. The van der Waals surface area contributed by atoms with Crippen molar-refractivity contribution in [2.75, 3.05) is 0 Å². The number of carboxylic acid groups (broad SMARTS) is 1. The molecule has 0 spiro atoms. The van der Waals surface area contributed by atoms with Crippen molar-refractivity contribution in [2.24, 2.45) is 11.0 Å². The molecular weight excluding hydrogens is 484 g/mol. The number of nitro benzene ring substituents is 1. The summed E-state index contributed by atoms with van der Waals surface area (Å²) in [6, 6.07) is 7.66. The van der Waals surface area contributed by atoms with Crippen molar-refractivity contribution in [1.82, 2.24) is 10.3 Å². The number of urea groups is 1. The van der Waals surface area contributed by atoms with Gasteiger partial charge in [0.15, 0.2) is 0 Å². The maximum Gasteiger partial charge on any atom is 0.347 e. The molecule has 0 bridgehead atoms. The van der Waals surface area contributed by atoms with Crippen molar-refractivity contribution in [3.63, 3.8) is 0 Å². The Labute approximate surface area is 201 Å². The SMILES string of the molecule is O=C1NC(=O)N(/N=C/c2ccc(-c3ccc([N+](=O)[O-])cc3)o2)C1O[C@@H]1C[C@H](C(=O)O)[C@@H](O)[C@H](O)[C@H]1O. The molecule has 6 atom stereocenters. The van der Waals surface area contributed by atoms with Crippen LogP contribution in [0.15, 0.2) is 45.9 Å². The first kappa shape index (κ1) is 24.9. The molecule has 15 nitrogen and oxygen atoms in total. The van der Waals surface area contributed by atoms with Gasteiger partial charge in [-0.1, -0.05) is 0 Å². The van der Waals surface area contributed by atoms with Crippen molar-refractivity contribution >= 4 is 29.8 Å². The van der Waals surface area contributed by atoms with Gasteiger partial charge in [-0.15, -0.1) is 0 Å². The van der Waals surface area contributed by atoms with Gasteiger partial charge in [-0.05, 0) is 30.7 Å². The Hall–Kier alpha value is -4.18. The Morgan fingerprint density at radius 2 is 1.83 bits per heavy atom. The van der Waals surface area contributed by atoms with Gasteiger partial charge in [0.05, 0.1) is 29.3 Å². The predicted molar refractivity (Wildman–Crippen MR) is 116 cm³/mol. The Morgan fingerprint density at radius 1 is 1.14 bits per heavy atom. The topological polar surface area (TPSA) is 225 Å². The lowest BCUT2D eigenvalue weighted by Gasteiger charge is -2.39. The quantitative estimate of drug-likeness (QED) is 0.142. The molecule has 1 aliphatic heterocycles. The third kappa shape index (κ3) is 4.80. The number of carbonyl (C=O) groups is 3. The summed E-state index contributed by atoms with van der Waals surface area (Å²) >= 11 is 0. The number of carboxylic acids is 1. The molecule has 5 N–H and O–H groups in total. The number of non-ortho nitro benzene ring substituents is 1. The highest BCUT2D eigenvalue weighted by atomic mass is 16.6. The van der Waals surface area contributed by atoms with E-state index in [-0.39, 0.29) is 11.4 Å². The van der Waals surface area contributed by atoms with Crippen LogP contribution in [-0.2, 0) is 14.3 Å². The summed E-state index contributed by atoms with van der Waals surface area (Å²) < 4.78 is 11.1. The van der Waals surface area contributed by atoms with E-state index in [4.69, 9.17) is 9.15 Å². The Morgan fingerprint density at radius 3 is 2.47 bits per heavy atom. The Kier molecular flexibility index (Phi) is 6.80. The van der Waals surface area contributed by atoms with E-state index in [1.807, 2.05) is 5.32 Å². The molecule has 2 heterocycles. The molecule has 4 rings (SSSR count). The second kappa shape index (κ2) is 9.82. The van der Waals surface area contributed by atoms with Crippen molar-refractivity contribution in [2.45, 2.75) is 37.1 Å². The number of rotatable bonds is 7. The standard InChI is InChI=1S/C21H20N4O11/c26-15-12(20(30)31)7-14(16(27)17(15)28)36-19-18(29)23-21(32)24(19)22-8-11-5-6-13(35-11)9-1-3-10(4-2-9)25(33)34/h1-6,8,12,14-17,19,26-28H,7H2,(H,30,31)(H,23,29,32)/b22-8+/t12-,14+,15+,16-,17-,19?/m0/s1. The monoisotopic (exact) mass is 504 g/mol. The van der Waals surface area contributed by atoms with Crippen LogP contribution in [0.2, 0.25) is 0 Å². The number of hydrogen-bond acceptors (Lipinski definition) is 11. The van der Waals surface area contributed by atoms with Crippen LogP contribution in [0.5, 0.6) is 0 Å². The number of benzene rings is 1. The normalized spacial score (nSPS) is 28.5. The van der Waals surface area contributed by atoms with E-state index in [0.717, 1.165) is 6.21 Å². The molecular formula is C21H20N4O11. The first-order valence-corrected chi connectivity index (χ1v) is 10.5. The molecule has 1 saturated heterocycles. The van der Waals surface area contributed by atoms with E-state index in [1.54, 1.807) is 6.07 Å². The third-order valence-corrected chi connectivity index (χ3v) is 5.78. The van der Waals surface area contributed by atoms with Crippen molar-refractivity contribution < 1.29 is 48.9 Å². The van der Waals surface area contributed by atoms with Gasteiger partial charge in [-0.2, -0.15) is 10.1 Å². The first-order valence-electron chi connectivity index (χ1n) is 10.5. The van der Waals surface area contributed by atoms with E-state index < -0.39 is 65.8 Å². The number of amides is 3. The number of nitrogens with zero attached hydrogens (tertiary/aromatic N) is 3.